The lowest BCUT2D eigenvalue weighted by Gasteiger charge is -2.04. The molecule has 6 nitrogen and oxygen atoms in total. The van der Waals surface area contributed by atoms with Crippen LogP contribution in [-0.4, -0.2) is 25.4 Å². The minimum absolute atomic E-state index is 0.329. The SMILES string of the molecule is Cc1noc(C)c1CSc1nnnn1-c1cccc(F)c1. The molecule has 2 heterocycles. The third kappa shape index (κ3) is 2.80. The van der Waals surface area contributed by atoms with E-state index in [9.17, 15) is 4.39 Å². The van der Waals surface area contributed by atoms with Crippen LogP contribution in [0.3, 0.4) is 0 Å². The van der Waals surface area contributed by atoms with Gasteiger partial charge in [-0.3, -0.25) is 0 Å². The Balaban J connectivity index is 1.83. The first-order valence-electron chi connectivity index (χ1n) is 6.24. The molecule has 0 N–H and O–H groups in total. The molecule has 3 rings (SSSR count). The number of aromatic nitrogens is 5. The van der Waals surface area contributed by atoms with Gasteiger partial charge in [0.05, 0.1) is 11.4 Å². The van der Waals surface area contributed by atoms with Crippen molar-refractivity contribution >= 4 is 11.8 Å². The highest BCUT2D eigenvalue weighted by Crippen LogP contribution is 2.25. The van der Waals surface area contributed by atoms with Crippen molar-refractivity contribution in [3.05, 3.63) is 47.1 Å². The van der Waals surface area contributed by atoms with E-state index in [1.165, 1.54) is 28.6 Å². The molecule has 0 aliphatic carbocycles. The average molecular weight is 305 g/mol. The molecule has 0 radical (unpaired) electrons. The third-order valence-corrected chi connectivity index (χ3v) is 3.97. The number of aryl methyl sites for hydroxylation is 2. The normalized spacial score (nSPS) is 11.0. The van der Waals surface area contributed by atoms with Gasteiger partial charge < -0.3 is 4.52 Å². The van der Waals surface area contributed by atoms with Crippen LogP contribution in [0.25, 0.3) is 5.69 Å². The van der Waals surface area contributed by atoms with E-state index in [1.54, 1.807) is 12.1 Å². The van der Waals surface area contributed by atoms with Gasteiger partial charge in [-0.15, -0.1) is 5.10 Å². The van der Waals surface area contributed by atoms with Crippen molar-refractivity contribution in [3.63, 3.8) is 0 Å². The molecule has 0 saturated carbocycles. The molecule has 1 aromatic carbocycles. The van der Waals surface area contributed by atoms with Crippen molar-refractivity contribution in [3.8, 4) is 5.69 Å². The first-order valence-corrected chi connectivity index (χ1v) is 7.22. The van der Waals surface area contributed by atoms with Crippen LogP contribution in [0.4, 0.5) is 4.39 Å². The minimum Gasteiger partial charge on any atom is -0.361 e. The molecule has 0 saturated heterocycles. The Morgan fingerprint density at radius 1 is 1.33 bits per heavy atom. The van der Waals surface area contributed by atoms with Gasteiger partial charge in [-0.25, -0.2) is 4.39 Å². The summed E-state index contributed by atoms with van der Waals surface area (Å²) in [6.45, 7) is 3.76. The van der Waals surface area contributed by atoms with Crippen LogP contribution in [0.15, 0.2) is 33.9 Å². The number of halogens is 1. The molecular weight excluding hydrogens is 293 g/mol. The van der Waals surface area contributed by atoms with Crippen molar-refractivity contribution in [2.24, 2.45) is 0 Å². The summed E-state index contributed by atoms with van der Waals surface area (Å²) in [6.07, 6.45) is 0. The van der Waals surface area contributed by atoms with Gasteiger partial charge in [0, 0.05) is 11.3 Å². The van der Waals surface area contributed by atoms with Crippen molar-refractivity contribution in [1.82, 2.24) is 25.4 Å². The Morgan fingerprint density at radius 2 is 2.19 bits per heavy atom. The summed E-state index contributed by atoms with van der Waals surface area (Å²) in [5, 5.41) is 16.0. The summed E-state index contributed by atoms with van der Waals surface area (Å²) in [6, 6.07) is 6.13. The largest absolute Gasteiger partial charge is 0.361 e. The lowest BCUT2D eigenvalue weighted by atomic mass is 10.2. The first kappa shape index (κ1) is 13.7. The number of nitrogens with zero attached hydrogens (tertiary/aromatic N) is 5. The molecule has 0 spiro atoms. The van der Waals surface area contributed by atoms with Crippen molar-refractivity contribution in [2.45, 2.75) is 24.8 Å². The van der Waals surface area contributed by atoms with Crippen LogP contribution in [0.5, 0.6) is 0 Å². The summed E-state index contributed by atoms with van der Waals surface area (Å²) >= 11 is 1.44. The van der Waals surface area contributed by atoms with E-state index in [2.05, 4.69) is 20.7 Å². The zero-order valence-electron chi connectivity index (χ0n) is 11.4. The molecule has 2 aromatic heterocycles. The zero-order valence-corrected chi connectivity index (χ0v) is 12.3. The highest BCUT2D eigenvalue weighted by Gasteiger charge is 2.14. The molecule has 8 heteroatoms. The maximum Gasteiger partial charge on any atom is 0.214 e. The number of tetrazole rings is 1. The molecule has 0 aliphatic heterocycles. The van der Waals surface area contributed by atoms with E-state index in [4.69, 9.17) is 4.52 Å². The van der Waals surface area contributed by atoms with Crippen molar-refractivity contribution in [2.75, 3.05) is 0 Å². The molecule has 0 aliphatic rings. The number of thioether (sulfide) groups is 1. The standard InChI is InChI=1S/C13H12FN5OS/c1-8-12(9(2)20-16-8)7-21-13-15-17-18-19(13)11-5-3-4-10(14)6-11/h3-6H,7H2,1-2H3. The van der Waals surface area contributed by atoms with Gasteiger partial charge in [-0.05, 0) is 42.5 Å². The predicted molar refractivity (Wildman–Crippen MR) is 74.7 cm³/mol. The molecule has 0 bridgehead atoms. The molecular formula is C13H12FN5OS. The highest BCUT2D eigenvalue weighted by atomic mass is 32.2. The Hall–Kier alpha value is -2.22. The van der Waals surface area contributed by atoms with Crippen LogP contribution in [-0.2, 0) is 5.75 Å². The third-order valence-electron chi connectivity index (χ3n) is 3.02. The Bertz CT molecular complexity index is 750. The fourth-order valence-electron chi connectivity index (χ4n) is 1.88. The second-order valence-corrected chi connectivity index (χ2v) is 5.39. The number of hydrogen-bond acceptors (Lipinski definition) is 6. The van der Waals surface area contributed by atoms with E-state index >= 15 is 0 Å². The van der Waals surface area contributed by atoms with Crippen LogP contribution in [0, 0.1) is 19.7 Å². The van der Waals surface area contributed by atoms with E-state index in [1.807, 2.05) is 13.8 Å². The molecule has 108 valence electrons. The monoisotopic (exact) mass is 305 g/mol. The van der Waals surface area contributed by atoms with Gasteiger partial charge in [-0.2, -0.15) is 4.68 Å². The lowest BCUT2D eigenvalue weighted by Crippen LogP contribution is -1.99. The van der Waals surface area contributed by atoms with E-state index in [0.717, 1.165) is 17.0 Å². The molecule has 21 heavy (non-hydrogen) atoms. The van der Waals surface area contributed by atoms with Gasteiger partial charge in [0.1, 0.15) is 11.6 Å². The Labute approximate surface area is 124 Å². The highest BCUT2D eigenvalue weighted by molar-refractivity contribution is 7.98. The number of benzene rings is 1. The first-order chi connectivity index (χ1) is 10.1. The van der Waals surface area contributed by atoms with Crippen LogP contribution >= 0.6 is 11.8 Å². The molecule has 0 fully saturated rings. The quantitative estimate of drug-likeness (QED) is 0.690. The van der Waals surface area contributed by atoms with E-state index in [0.29, 0.717) is 16.6 Å². The van der Waals surface area contributed by atoms with Gasteiger partial charge in [0.15, 0.2) is 0 Å². The maximum absolute atomic E-state index is 13.3. The van der Waals surface area contributed by atoms with Crippen LogP contribution < -0.4 is 0 Å². The second kappa shape index (κ2) is 5.65. The van der Waals surface area contributed by atoms with E-state index < -0.39 is 0 Å². The van der Waals surface area contributed by atoms with Gasteiger partial charge in [-0.1, -0.05) is 23.0 Å². The lowest BCUT2D eigenvalue weighted by molar-refractivity contribution is 0.392. The summed E-state index contributed by atoms with van der Waals surface area (Å²) < 4.78 is 19.9. The summed E-state index contributed by atoms with van der Waals surface area (Å²) in [7, 11) is 0. The average Bonchev–Trinajstić information content (AvgIpc) is 3.05. The van der Waals surface area contributed by atoms with Gasteiger partial charge in [0.25, 0.3) is 0 Å². The zero-order chi connectivity index (χ0) is 14.8. The minimum atomic E-state index is -0.329. The summed E-state index contributed by atoms with van der Waals surface area (Å²) in [5.41, 5.74) is 2.46. The molecule has 3 aromatic rings. The molecule has 0 amide bonds. The summed E-state index contributed by atoms with van der Waals surface area (Å²) in [4.78, 5) is 0. The van der Waals surface area contributed by atoms with Crippen LogP contribution in [0.2, 0.25) is 0 Å². The summed E-state index contributed by atoms with van der Waals surface area (Å²) in [5.74, 6) is 1.09. The fourth-order valence-corrected chi connectivity index (χ4v) is 2.93. The fraction of sp³-hybridized carbons (Fsp3) is 0.231. The Morgan fingerprint density at radius 3 is 2.90 bits per heavy atom. The number of rotatable bonds is 4. The van der Waals surface area contributed by atoms with Gasteiger partial charge in [0.2, 0.25) is 5.16 Å². The predicted octanol–water partition coefficient (Wildman–Crippen LogP) is 2.70. The van der Waals surface area contributed by atoms with Crippen LogP contribution in [0.1, 0.15) is 17.0 Å². The smallest absolute Gasteiger partial charge is 0.214 e. The molecule has 0 unspecified atom stereocenters. The van der Waals surface area contributed by atoms with E-state index in [-0.39, 0.29) is 5.82 Å². The number of hydrogen-bond donors (Lipinski definition) is 0. The second-order valence-electron chi connectivity index (χ2n) is 4.44. The van der Waals surface area contributed by atoms with Crippen molar-refractivity contribution < 1.29 is 8.91 Å². The topological polar surface area (TPSA) is 69.6 Å². The Kier molecular flexibility index (Phi) is 3.70. The van der Waals surface area contributed by atoms with Crippen molar-refractivity contribution in [1.29, 1.82) is 0 Å². The maximum atomic E-state index is 13.3. The van der Waals surface area contributed by atoms with Gasteiger partial charge >= 0.3 is 0 Å². The molecule has 0 atom stereocenters.